The minimum absolute atomic E-state index is 0.0722. The molecule has 2 aromatic rings. The number of hydrogen-bond acceptors (Lipinski definition) is 3. The lowest BCUT2D eigenvalue weighted by molar-refractivity contribution is 0.0976. The molecule has 2 amide bonds. The van der Waals surface area contributed by atoms with Gasteiger partial charge in [-0.15, -0.1) is 0 Å². The van der Waals surface area contributed by atoms with Gasteiger partial charge in [0.25, 0.3) is 5.91 Å². The molecule has 1 aromatic carbocycles. The second-order valence-electron chi connectivity index (χ2n) is 7.48. The Morgan fingerprint density at radius 2 is 1.68 bits per heavy atom. The largest absolute Gasteiger partial charge is 0.449 e. The number of benzene rings is 1. The van der Waals surface area contributed by atoms with E-state index in [-0.39, 0.29) is 18.0 Å². The molecule has 1 aromatic heterocycles. The fraction of sp³-hybridized carbons (Fsp3) is 0.455. The fourth-order valence-electron chi connectivity index (χ4n) is 3.81. The van der Waals surface area contributed by atoms with E-state index in [0.717, 1.165) is 40.2 Å². The standard InChI is InChI=1S/C22H29N3O3/c1-7-17-12-24(21(26)20-15(5)9-16(6)23-20)18-10-13(3)14(4)11-19(18)25(17)22(27)28-8-2/h9-11,17,23H,7-8,12H2,1-6H3. The number of H-pyrrole nitrogens is 1. The third-order valence-electron chi connectivity index (χ3n) is 5.44. The second-order valence-corrected chi connectivity index (χ2v) is 7.48. The number of aromatic amines is 1. The van der Waals surface area contributed by atoms with Crippen molar-refractivity contribution < 1.29 is 14.3 Å². The maximum Gasteiger partial charge on any atom is 0.414 e. The van der Waals surface area contributed by atoms with Crippen LogP contribution >= 0.6 is 0 Å². The van der Waals surface area contributed by atoms with Gasteiger partial charge in [0, 0.05) is 12.2 Å². The van der Waals surface area contributed by atoms with Crippen molar-refractivity contribution in [2.75, 3.05) is 23.0 Å². The third-order valence-corrected chi connectivity index (χ3v) is 5.44. The summed E-state index contributed by atoms with van der Waals surface area (Å²) in [5, 5.41) is 0. The van der Waals surface area contributed by atoms with Gasteiger partial charge in [0.05, 0.1) is 24.0 Å². The lowest BCUT2D eigenvalue weighted by atomic mass is 10.00. The number of carbonyl (C=O) groups excluding carboxylic acids is 2. The number of ether oxygens (including phenoxy) is 1. The van der Waals surface area contributed by atoms with Crippen LogP contribution in [0.15, 0.2) is 18.2 Å². The molecular weight excluding hydrogens is 354 g/mol. The molecule has 1 aliphatic heterocycles. The van der Waals surface area contributed by atoms with Gasteiger partial charge in [-0.2, -0.15) is 0 Å². The molecule has 0 radical (unpaired) electrons. The smallest absolute Gasteiger partial charge is 0.414 e. The molecular formula is C22H29N3O3. The predicted molar refractivity (Wildman–Crippen MR) is 111 cm³/mol. The first-order chi connectivity index (χ1) is 13.3. The minimum atomic E-state index is -0.363. The summed E-state index contributed by atoms with van der Waals surface area (Å²) < 4.78 is 5.32. The number of fused-ring (bicyclic) bond motifs is 1. The van der Waals surface area contributed by atoms with E-state index in [1.165, 1.54) is 0 Å². The quantitative estimate of drug-likeness (QED) is 0.839. The molecule has 0 fully saturated rings. The van der Waals surface area contributed by atoms with Gasteiger partial charge >= 0.3 is 6.09 Å². The highest BCUT2D eigenvalue weighted by Gasteiger charge is 2.38. The molecule has 1 atom stereocenters. The average molecular weight is 383 g/mol. The Morgan fingerprint density at radius 3 is 2.21 bits per heavy atom. The van der Waals surface area contributed by atoms with E-state index >= 15 is 0 Å². The molecule has 2 heterocycles. The highest BCUT2D eigenvalue weighted by molar-refractivity contribution is 6.10. The maximum atomic E-state index is 13.4. The Balaban J connectivity index is 2.14. The molecule has 3 rings (SSSR count). The Hall–Kier alpha value is -2.76. The summed E-state index contributed by atoms with van der Waals surface area (Å²) in [7, 11) is 0. The highest BCUT2D eigenvalue weighted by Crippen LogP contribution is 2.39. The first-order valence-electron chi connectivity index (χ1n) is 9.83. The molecule has 0 aliphatic carbocycles. The van der Waals surface area contributed by atoms with Crippen molar-refractivity contribution in [2.45, 2.75) is 54.0 Å². The van der Waals surface area contributed by atoms with Crippen LogP contribution in [0.2, 0.25) is 0 Å². The van der Waals surface area contributed by atoms with Crippen LogP contribution in [0.25, 0.3) is 0 Å². The lowest BCUT2D eigenvalue weighted by Crippen LogP contribution is -2.53. The number of aromatic nitrogens is 1. The molecule has 1 N–H and O–H groups in total. The van der Waals surface area contributed by atoms with Crippen LogP contribution in [-0.2, 0) is 4.74 Å². The number of hydrogen-bond donors (Lipinski definition) is 1. The van der Waals surface area contributed by atoms with Crippen LogP contribution in [0.4, 0.5) is 16.2 Å². The summed E-state index contributed by atoms with van der Waals surface area (Å²) in [4.78, 5) is 32.8. The van der Waals surface area contributed by atoms with Crippen molar-refractivity contribution in [3.8, 4) is 0 Å². The highest BCUT2D eigenvalue weighted by atomic mass is 16.6. The van der Waals surface area contributed by atoms with Crippen LogP contribution < -0.4 is 9.80 Å². The maximum absolute atomic E-state index is 13.4. The summed E-state index contributed by atoms with van der Waals surface area (Å²) in [5.74, 6) is -0.0722. The zero-order valence-electron chi connectivity index (χ0n) is 17.5. The molecule has 0 spiro atoms. The van der Waals surface area contributed by atoms with Gasteiger partial charge in [-0.05, 0) is 75.9 Å². The monoisotopic (exact) mass is 383 g/mol. The van der Waals surface area contributed by atoms with E-state index in [9.17, 15) is 9.59 Å². The summed E-state index contributed by atoms with van der Waals surface area (Å²) >= 11 is 0. The number of nitrogens with one attached hydrogen (secondary N) is 1. The predicted octanol–water partition coefficient (Wildman–Crippen LogP) is 4.65. The van der Waals surface area contributed by atoms with E-state index in [1.54, 1.807) is 16.7 Å². The van der Waals surface area contributed by atoms with Crippen LogP contribution in [0, 0.1) is 27.7 Å². The first kappa shape index (κ1) is 20.0. The van der Waals surface area contributed by atoms with Gasteiger partial charge in [0.2, 0.25) is 0 Å². The topological polar surface area (TPSA) is 65.6 Å². The molecule has 0 saturated heterocycles. The van der Waals surface area contributed by atoms with Gasteiger partial charge in [0.1, 0.15) is 5.69 Å². The van der Waals surface area contributed by atoms with E-state index in [0.29, 0.717) is 18.8 Å². The number of anilines is 2. The number of amides is 2. The van der Waals surface area contributed by atoms with Crippen molar-refractivity contribution in [2.24, 2.45) is 0 Å². The SMILES string of the molecule is CCOC(=O)N1c2cc(C)c(C)cc2N(C(=O)c2[nH]c(C)cc2C)CC1CC. The van der Waals surface area contributed by atoms with Crippen molar-refractivity contribution in [3.63, 3.8) is 0 Å². The number of nitrogens with zero attached hydrogens (tertiary/aromatic N) is 2. The fourth-order valence-corrected chi connectivity index (χ4v) is 3.81. The molecule has 6 heteroatoms. The van der Waals surface area contributed by atoms with Crippen molar-refractivity contribution >= 4 is 23.4 Å². The minimum Gasteiger partial charge on any atom is -0.449 e. The zero-order chi connectivity index (χ0) is 20.6. The van der Waals surface area contributed by atoms with Crippen LogP contribution in [-0.4, -0.2) is 36.2 Å². The first-order valence-corrected chi connectivity index (χ1v) is 9.83. The molecule has 6 nitrogen and oxygen atoms in total. The Morgan fingerprint density at radius 1 is 1.04 bits per heavy atom. The molecule has 28 heavy (non-hydrogen) atoms. The third kappa shape index (κ3) is 3.39. The second kappa shape index (κ2) is 7.70. The lowest BCUT2D eigenvalue weighted by Gasteiger charge is -2.42. The van der Waals surface area contributed by atoms with E-state index < -0.39 is 0 Å². The van der Waals surface area contributed by atoms with Gasteiger partial charge in [-0.25, -0.2) is 4.79 Å². The van der Waals surface area contributed by atoms with Crippen LogP contribution in [0.3, 0.4) is 0 Å². The van der Waals surface area contributed by atoms with Gasteiger partial charge < -0.3 is 14.6 Å². The van der Waals surface area contributed by atoms with Gasteiger partial charge in [0.15, 0.2) is 0 Å². The zero-order valence-corrected chi connectivity index (χ0v) is 17.5. The Kier molecular flexibility index (Phi) is 5.49. The average Bonchev–Trinajstić information content (AvgIpc) is 2.99. The summed E-state index contributed by atoms with van der Waals surface area (Å²) in [5.41, 5.74) is 6.11. The molecule has 0 bridgehead atoms. The Labute approximate surface area is 166 Å². The molecule has 0 saturated carbocycles. The molecule has 1 aliphatic rings. The van der Waals surface area contributed by atoms with Gasteiger partial charge in [-0.1, -0.05) is 6.92 Å². The number of rotatable bonds is 3. The normalized spacial score (nSPS) is 16.1. The summed E-state index contributed by atoms with van der Waals surface area (Å²) in [6, 6.07) is 5.80. The molecule has 1 unspecified atom stereocenters. The van der Waals surface area contributed by atoms with E-state index in [2.05, 4.69) is 4.98 Å². The molecule has 150 valence electrons. The van der Waals surface area contributed by atoms with Crippen molar-refractivity contribution in [1.29, 1.82) is 0 Å². The van der Waals surface area contributed by atoms with Crippen LogP contribution in [0.1, 0.15) is 53.1 Å². The van der Waals surface area contributed by atoms with Crippen LogP contribution in [0.5, 0.6) is 0 Å². The summed E-state index contributed by atoms with van der Waals surface area (Å²) in [6.07, 6.45) is 0.357. The number of aryl methyl sites for hydroxylation is 4. The van der Waals surface area contributed by atoms with Crippen molar-refractivity contribution in [1.82, 2.24) is 4.98 Å². The van der Waals surface area contributed by atoms with E-state index in [4.69, 9.17) is 4.74 Å². The van der Waals surface area contributed by atoms with E-state index in [1.807, 2.05) is 52.8 Å². The van der Waals surface area contributed by atoms with Gasteiger partial charge in [-0.3, -0.25) is 9.69 Å². The Bertz CT molecular complexity index is 916. The number of carbonyl (C=O) groups is 2. The summed E-state index contributed by atoms with van der Waals surface area (Å²) in [6.45, 7) is 12.5. The van der Waals surface area contributed by atoms with Crippen molar-refractivity contribution in [3.05, 3.63) is 46.3 Å².